The van der Waals surface area contributed by atoms with Crippen molar-refractivity contribution in [2.75, 3.05) is 13.7 Å². The van der Waals surface area contributed by atoms with E-state index in [9.17, 15) is 19.5 Å². The number of methoxy groups -OCH3 is 1. The Morgan fingerprint density at radius 1 is 1.12 bits per heavy atom. The number of amides is 2. The van der Waals surface area contributed by atoms with Gasteiger partial charge in [-0.15, -0.1) is 0 Å². The first-order chi connectivity index (χ1) is 15.3. The van der Waals surface area contributed by atoms with Crippen molar-refractivity contribution >= 4 is 29.7 Å². The van der Waals surface area contributed by atoms with Gasteiger partial charge in [-0.2, -0.15) is 0 Å². The first-order valence-corrected chi connectivity index (χ1v) is 9.97. The Balaban J connectivity index is 0.000000297. The second-order valence-electron chi connectivity index (χ2n) is 6.96. The molecule has 9 nitrogen and oxygen atoms in total. The number of aliphatic imine (C=N–C) groups is 1. The summed E-state index contributed by atoms with van der Waals surface area (Å²) in [5, 5.41) is 14.0. The molecule has 2 aromatic carbocycles. The molecule has 170 valence electrons. The van der Waals surface area contributed by atoms with Gasteiger partial charge in [-0.05, 0) is 36.8 Å². The number of carbonyl (C=O) groups is 3. The second-order valence-corrected chi connectivity index (χ2v) is 6.96. The van der Waals surface area contributed by atoms with Crippen molar-refractivity contribution in [1.29, 1.82) is 0 Å². The molecule has 2 amide bonds. The van der Waals surface area contributed by atoms with Gasteiger partial charge in [-0.1, -0.05) is 24.3 Å². The third-order valence-corrected chi connectivity index (χ3v) is 4.44. The van der Waals surface area contributed by atoms with Crippen molar-refractivity contribution < 1.29 is 29.0 Å². The van der Waals surface area contributed by atoms with Crippen LogP contribution >= 0.6 is 0 Å². The fraction of sp³-hybridized carbons (Fsp3) is 0.304. The molecule has 9 heteroatoms. The van der Waals surface area contributed by atoms with E-state index in [1.54, 1.807) is 37.6 Å². The Bertz CT molecular complexity index is 958. The van der Waals surface area contributed by atoms with Gasteiger partial charge in [0.05, 0.1) is 7.11 Å². The quantitative estimate of drug-likeness (QED) is 0.604. The van der Waals surface area contributed by atoms with Gasteiger partial charge in [-0.3, -0.25) is 14.6 Å². The van der Waals surface area contributed by atoms with Crippen molar-refractivity contribution in [2.45, 2.75) is 32.4 Å². The van der Waals surface area contributed by atoms with E-state index in [0.29, 0.717) is 12.4 Å². The molecule has 32 heavy (non-hydrogen) atoms. The van der Waals surface area contributed by atoms with Gasteiger partial charge < -0.3 is 25.2 Å². The van der Waals surface area contributed by atoms with Gasteiger partial charge in [0.1, 0.15) is 35.9 Å². The molecule has 0 saturated carbocycles. The van der Waals surface area contributed by atoms with Crippen LogP contribution in [0.5, 0.6) is 11.5 Å². The molecule has 0 fully saturated rings. The highest BCUT2D eigenvalue weighted by Crippen LogP contribution is 2.27. The van der Waals surface area contributed by atoms with Crippen molar-refractivity contribution in [1.82, 2.24) is 10.6 Å². The zero-order valence-corrected chi connectivity index (χ0v) is 18.2. The van der Waals surface area contributed by atoms with Crippen LogP contribution in [0.3, 0.4) is 0 Å². The fourth-order valence-corrected chi connectivity index (χ4v) is 2.81. The van der Waals surface area contributed by atoms with Crippen LogP contribution in [0.4, 0.5) is 5.69 Å². The van der Waals surface area contributed by atoms with Crippen molar-refractivity contribution in [3.63, 3.8) is 0 Å². The average Bonchev–Trinajstić information content (AvgIpc) is 2.79. The van der Waals surface area contributed by atoms with Crippen LogP contribution in [-0.4, -0.2) is 54.9 Å². The van der Waals surface area contributed by atoms with Gasteiger partial charge in [0.15, 0.2) is 0 Å². The largest absolute Gasteiger partial charge is 0.497 e. The molecule has 2 unspecified atom stereocenters. The van der Waals surface area contributed by atoms with Crippen LogP contribution in [-0.2, 0) is 20.8 Å². The van der Waals surface area contributed by atoms with Crippen molar-refractivity contribution in [3.05, 3.63) is 54.1 Å². The van der Waals surface area contributed by atoms with Gasteiger partial charge in [0.2, 0.25) is 11.8 Å². The number of fused-ring (bicyclic) bond motifs is 1. The third-order valence-electron chi connectivity index (χ3n) is 4.44. The minimum absolute atomic E-state index is 0.137. The molecule has 1 aliphatic heterocycles. The average molecular weight is 441 g/mol. The van der Waals surface area contributed by atoms with E-state index in [0.717, 1.165) is 17.0 Å². The van der Waals surface area contributed by atoms with Gasteiger partial charge in [-0.25, -0.2) is 4.79 Å². The fourth-order valence-electron chi connectivity index (χ4n) is 2.81. The minimum atomic E-state index is -1.14. The lowest BCUT2D eigenvalue weighted by Crippen LogP contribution is -2.50. The molecule has 0 saturated heterocycles. The first-order valence-electron chi connectivity index (χ1n) is 9.97. The van der Waals surface area contributed by atoms with Crippen LogP contribution < -0.4 is 20.1 Å². The van der Waals surface area contributed by atoms with Crippen LogP contribution in [0.1, 0.15) is 19.4 Å². The molecule has 0 bridgehead atoms. The summed E-state index contributed by atoms with van der Waals surface area (Å²) < 4.78 is 10.3. The SMILES string of the molecule is C1=Nc2ccccc2OC1.COc1ccc(CC(NC(=O)C(C)NC(C)=O)C(=O)O)cc1. The van der Waals surface area contributed by atoms with E-state index in [4.69, 9.17) is 9.47 Å². The maximum Gasteiger partial charge on any atom is 0.326 e. The molecular weight excluding hydrogens is 414 g/mol. The van der Waals surface area contributed by atoms with Crippen LogP contribution in [0.15, 0.2) is 53.5 Å². The zero-order chi connectivity index (χ0) is 23.5. The first kappa shape index (κ1) is 24.4. The number of nitrogens with zero attached hydrogens (tertiary/aromatic N) is 1. The van der Waals surface area contributed by atoms with E-state index in [-0.39, 0.29) is 12.3 Å². The van der Waals surface area contributed by atoms with E-state index >= 15 is 0 Å². The number of hydrogen-bond acceptors (Lipinski definition) is 6. The summed E-state index contributed by atoms with van der Waals surface area (Å²) in [6, 6.07) is 12.8. The van der Waals surface area contributed by atoms with Crippen molar-refractivity contribution in [2.24, 2.45) is 4.99 Å². The number of ether oxygens (including phenoxy) is 2. The lowest BCUT2D eigenvalue weighted by Gasteiger charge is -2.18. The number of nitrogens with one attached hydrogen (secondary N) is 2. The highest BCUT2D eigenvalue weighted by atomic mass is 16.5. The molecular formula is C23H27N3O6. The summed E-state index contributed by atoms with van der Waals surface area (Å²) in [7, 11) is 1.54. The molecule has 2 atom stereocenters. The van der Waals surface area contributed by atoms with E-state index in [1.807, 2.05) is 24.3 Å². The summed E-state index contributed by atoms with van der Waals surface area (Å²) in [5.41, 5.74) is 1.68. The van der Waals surface area contributed by atoms with Gasteiger partial charge >= 0.3 is 5.97 Å². The Kier molecular flexibility index (Phi) is 9.22. The molecule has 1 aliphatic rings. The van der Waals surface area contributed by atoms with Gasteiger partial charge in [0.25, 0.3) is 0 Å². The van der Waals surface area contributed by atoms with E-state index < -0.39 is 24.0 Å². The number of hydrogen-bond donors (Lipinski definition) is 3. The summed E-state index contributed by atoms with van der Waals surface area (Å²) in [5.74, 6) is -0.496. The predicted octanol–water partition coefficient (Wildman–Crippen LogP) is 2.11. The summed E-state index contributed by atoms with van der Waals surface area (Å²) in [6.07, 6.45) is 1.90. The molecule has 2 aromatic rings. The number of carboxylic acid groups (broad SMARTS) is 1. The molecule has 0 aromatic heterocycles. The van der Waals surface area contributed by atoms with Gasteiger partial charge in [0, 0.05) is 19.6 Å². The second kappa shape index (κ2) is 12.1. The van der Waals surface area contributed by atoms with E-state index in [2.05, 4.69) is 15.6 Å². The van der Waals surface area contributed by atoms with Crippen LogP contribution in [0.25, 0.3) is 0 Å². The topological polar surface area (TPSA) is 126 Å². The maximum absolute atomic E-state index is 11.9. The molecule has 0 aliphatic carbocycles. The number of benzene rings is 2. The Hall–Kier alpha value is -3.88. The standard InChI is InChI=1S/C15H20N2O5.C8H7NO/c1-9(16-10(2)18)14(19)17-13(15(20)21)8-11-4-6-12(22-3)7-5-11;1-2-4-8-7(3-1)9-5-6-10-8/h4-7,9,13H,8H2,1-3H3,(H,16,18)(H,17,19)(H,20,21);1-5H,6H2. The molecule has 0 radical (unpaired) electrons. The molecule has 3 N–H and O–H groups in total. The minimum Gasteiger partial charge on any atom is -0.497 e. The van der Waals surface area contributed by atoms with E-state index in [1.165, 1.54) is 13.8 Å². The lowest BCUT2D eigenvalue weighted by atomic mass is 10.1. The normalized spacial score (nSPS) is 13.2. The number of carbonyl (C=O) groups excluding carboxylic acids is 2. The Labute approximate surface area is 186 Å². The Morgan fingerprint density at radius 2 is 1.81 bits per heavy atom. The lowest BCUT2D eigenvalue weighted by molar-refractivity contribution is -0.142. The third kappa shape index (κ3) is 7.75. The molecule has 3 rings (SSSR count). The number of rotatable bonds is 7. The van der Waals surface area contributed by atoms with Crippen LogP contribution in [0, 0.1) is 0 Å². The summed E-state index contributed by atoms with van der Waals surface area (Å²) >= 11 is 0. The molecule has 0 spiro atoms. The smallest absolute Gasteiger partial charge is 0.326 e. The molecule has 1 heterocycles. The summed E-state index contributed by atoms with van der Waals surface area (Å²) in [6.45, 7) is 3.37. The zero-order valence-electron chi connectivity index (χ0n) is 18.2. The van der Waals surface area contributed by atoms with Crippen LogP contribution in [0.2, 0.25) is 0 Å². The monoisotopic (exact) mass is 441 g/mol. The summed E-state index contributed by atoms with van der Waals surface area (Å²) in [4.78, 5) is 38.2. The predicted molar refractivity (Wildman–Crippen MR) is 120 cm³/mol. The highest BCUT2D eigenvalue weighted by molar-refractivity contribution is 5.89. The Morgan fingerprint density at radius 3 is 2.41 bits per heavy atom. The number of aliphatic carboxylic acids is 1. The number of para-hydroxylation sites is 2. The number of carboxylic acids is 1. The highest BCUT2D eigenvalue weighted by Gasteiger charge is 2.23. The maximum atomic E-state index is 11.9. The van der Waals surface area contributed by atoms with Crippen molar-refractivity contribution in [3.8, 4) is 11.5 Å².